The van der Waals surface area contributed by atoms with E-state index in [0.717, 1.165) is 12.8 Å². The molecule has 0 unspecified atom stereocenters. The summed E-state index contributed by atoms with van der Waals surface area (Å²) in [4.78, 5) is 12.3. The monoisotopic (exact) mass is 179 g/mol. The zero-order valence-corrected chi connectivity index (χ0v) is 7.65. The van der Waals surface area contributed by atoms with E-state index in [-0.39, 0.29) is 17.9 Å². The Morgan fingerprint density at radius 3 is 2.09 bits per heavy atom. The SMILES string of the molecule is CN(C)C1(CC(=O)O)CC1.Cl. The van der Waals surface area contributed by atoms with Crippen LogP contribution in [0.5, 0.6) is 0 Å². The highest BCUT2D eigenvalue weighted by Gasteiger charge is 2.46. The summed E-state index contributed by atoms with van der Waals surface area (Å²) in [6, 6.07) is 0. The molecule has 11 heavy (non-hydrogen) atoms. The van der Waals surface area contributed by atoms with Gasteiger partial charge in [-0.05, 0) is 26.9 Å². The molecule has 1 aliphatic rings. The highest BCUT2D eigenvalue weighted by molar-refractivity contribution is 5.85. The van der Waals surface area contributed by atoms with Crippen LogP contribution < -0.4 is 0 Å². The number of carboxylic acid groups (broad SMARTS) is 1. The Labute approximate surface area is 72.8 Å². The Morgan fingerprint density at radius 1 is 1.55 bits per heavy atom. The van der Waals surface area contributed by atoms with Gasteiger partial charge in [0.1, 0.15) is 0 Å². The lowest BCUT2D eigenvalue weighted by Gasteiger charge is -2.20. The molecule has 0 radical (unpaired) electrons. The van der Waals surface area contributed by atoms with Gasteiger partial charge in [-0.1, -0.05) is 0 Å². The zero-order chi connectivity index (χ0) is 7.78. The van der Waals surface area contributed by atoms with Crippen LogP contribution in [-0.2, 0) is 4.79 Å². The minimum atomic E-state index is -0.689. The molecule has 0 heterocycles. The third kappa shape index (κ3) is 2.34. The smallest absolute Gasteiger partial charge is 0.305 e. The fourth-order valence-corrected chi connectivity index (χ4v) is 1.21. The molecule has 1 saturated carbocycles. The van der Waals surface area contributed by atoms with Crippen molar-refractivity contribution in [1.82, 2.24) is 4.90 Å². The van der Waals surface area contributed by atoms with Gasteiger partial charge in [0.25, 0.3) is 0 Å². The normalized spacial score (nSPS) is 19.2. The van der Waals surface area contributed by atoms with Crippen molar-refractivity contribution in [3.63, 3.8) is 0 Å². The van der Waals surface area contributed by atoms with Crippen molar-refractivity contribution in [1.29, 1.82) is 0 Å². The van der Waals surface area contributed by atoms with Crippen molar-refractivity contribution in [2.75, 3.05) is 14.1 Å². The largest absolute Gasteiger partial charge is 0.481 e. The molecule has 0 atom stereocenters. The summed E-state index contributed by atoms with van der Waals surface area (Å²) in [6.45, 7) is 0. The van der Waals surface area contributed by atoms with Gasteiger partial charge in [0, 0.05) is 5.54 Å². The average molecular weight is 180 g/mol. The van der Waals surface area contributed by atoms with Crippen LogP contribution in [0.25, 0.3) is 0 Å². The molecule has 0 aliphatic heterocycles. The number of hydrogen-bond acceptors (Lipinski definition) is 2. The molecular formula is C7H14ClNO2. The molecule has 0 saturated heterocycles. The predicted octanol–water partition coefficient (Wildman–Crippen LogP) is 0.977. The fourth-order valence-electron chi connectivity index (χ4n) is 1.21. The first-order valence-electron chi connectivity index (χ1n) is 3.46. The molecule has 0 aromatic rings. The molecule has 0 aromatic carbocycles. The number of carbonyl (C=O) groups is 1. The first kappa shape index (κ1) is 10.7. The maximum atomic E-state index is 10.3. The molecule has 1 aliphatic carbocycles. The van der Waals surface area contributed by atoms with E-state index in [1.54, 1.807) is 0 Å². The minimum Gasteiger partial charge on any atom is -0.481 e. The van der Waals surface area contributed by atoms with E-state index in [2.05, 4.69) is 0 Å². The van der Waals surface area contributed by atoms with E-state index in [1.807, 2.05) is 19.0 Å². The number of aliphatic carboxylic acids is 1. The maximum absolute atomic E-state index is 10.3. The third-order valence-electron chi connectivity index (χ3n) is 2.26. The molecular weight excluding hydrogens is 166 g/mol. The summed E-state index contributed by atoms with van der Waals surface area (Å²) in [5.74, 6) is -0.689. The van der Waals surface area contributed by atoms with Crippen molar-refractivity contribution < 1.29 is 9.90 Å². The highest BCUT2D eigenvalue weighted by Crippen LogP contribution is 2.42. The molecule has 0 bridgehead atoms. The van der Waals surface area contributed by atoms with Crippen molar-refractivity contribution in [3.05, 3.63) is 0 Å². The first-order chi connectivity index (χ1) is 4.57. The number of nitrogens with zero attached hydrogens (tertiary/aromatic N) is 1. The highest BCUT2D eigenvalue weighted by atomic mass is 35.5. The fraction of sp³-hybridized carbons (Fsp3) is 0.857. The minimum absolute atomic E-state index is 0. The molecule has 1 N–H and O–H groups in total. The van der Waals surface area contributed by atoms with Gasteiger partial charge in [-0.25, -0.2) is 0 Å². The molecule has 1 rings (SSSR count). The van der Waals surface area contributed by atoms with Gasteiger partial charge in [0.05, 0.1) is 6.42 Å². The van der Waals surface area contributed by atoms with Gasteiger partial charge in [-0.3, -0.25) is 4.79 Å². The van der Waals surface area contributed by atoms with E-state index in [4.69, 9.17) is 5.11 Å². The van der Waals surface area contributed by atoms with Gasteiger partial charge < -0.3 is 10.0 Å². The maximum Gasteiger partial charge on any atom is 0.305 e. The van der Waals surface area contributed by atoms with E-state index in [0.29, 0.717) is 6.42 Å². The Bertz CT molecular complexity index is 155. The average Bonchev–Trinajstić information content (AvgIpc) is 2.46. The first-order valence-corrected chi connectivity index (χ1v) is 3.46. The van der Waals surface area contributed by atoms with Crippen LogP contribution in [0.1, 0.15) is 19.3 Å². The molecule has 1 fully saturated rings. The molecule has 3 nitrogen and oxygen atoms in total. The van der Waals surface area contributed by atoms with Crippen LogP contribution in [-0.4, -0.2) is 35.6 Å². The predicted molar refractivity (Wildman–Crippen MR) is 45.2 cm³/mol. The van der Waals surface area contributed by atoms with E-state index in [1.165, 1.54) is 0 Å². The second-order valence-electron chi connectivity index (χ2n) is 3.19. The summed E-state index contributed by atoms with van der Waals surface area (Å²) in [5, 5.41) is 8.51. The molecule has 0 aromatic heterocycles. The second-order valence-corrected chi connectivity index (χ2v) is 3.19. The van der Waals surface area contributed by atoms with Crippen LogP contribution in [0, 0.1) is 0 Å². The molecule has 4 heteroatoms. The molecule has 0 spiro atoms. The number of rotatable bonds is 3. The topological polar surface area (TPSA) is 40.5 Å². The summed E-state index contributed by atoms with van der Waals surface area (Å²) in [5.41, 5.74) is 0.00579. The van der Waals surface area contributed by atoms with Crippen LogP contribution in [0.2, 0.25) is 0 Å². The number of carboxylic acids is 1. The van der Waals surface area contributed by atoms with Crippen molar-refractivity contribution in [3.8, 4) is 0 Å². The lowest BCUT2D eigenvalue weighted by Crippen LogP contribution is -2.32. The standard InChI is InChI=1S/C7H13NO2.ClH/c1-8(2)7(3-4-7)5-6(9)10;/h3-5H2,1-2H3,(H,9,10);1H. The third-order valence-corrected chi connectivity index (χ3v) is 2.26. The van der Waals surface area contributed by atoms with Crippen molar-refractivity contribution in [2.24, 2.45) is 0 Å². The van der Waals surface area contributed by atoms with Crippen LogP contribution >= 0.6 is 12.4 Å². The lowest BCUT2D eigenvalue weighted by molar-refractivity contribution is -0.138. The molecule has 66 valence electrons. The van der Waals surface area contributed by atoms with E-state index >= 15 is 0 Å². The number of hydrogen-bond donors (Lipinski definition) is 1. The van der Waals surface area contributed by atoms with Gasteiger partial charge >= 0.3 is 5.97 Å². The van der Waals surface area contributed by atoms with Crippen LogP contribution in [0.3, 0.4) is 0 Å². The van der Waals surface area contributed by atoms with E-state index in [9.17, 15) is 4.79 Å². The Hall–Kier alpha value is -0.280. The Morgan fingerprint density at radius 2 is 2.00 bits per heavy atom. The lowest BCUT2D eigenvalue weighted by atomic mass is 10.1. The zero-order valence-electron chi connectivity index (χ0n) is 6.83. The van der Waals surface area contributed by atoms with Crippen LogP contribution in [0.4, 0.5) is 0 Å². The van der Waals surface area contributed by atoms with Gasteiger partial charge in [0.2, 0.25) is 0 Å². The summed E-state index contributed by atoms with van der Waals surface area (Å²) < 4.78 is 0. The van der Waals surface area contributed by atoms with Gasteiger partial charge in [0.15, 0.2) is 0 Å². The van der Waals surface area contributed by atoms with Gasteiger partial charge in [-0.2, -0.15) is 0 Å². The summed E-state index contributed by atoms with van der Waals surface area (Å²) >= 11 is 0. The van der Waals surface area contributed by atoms with E-state index < -0.39 is 5.97 Å². The second kappa shape index (κ2) is 3.41. The summed E-state index contributed by atoms with van der Waals surface area (Å²) in [7, 11) is 3.88. The molecule has 0 amide bonds. The van der Waals surface area contributed by atoms with Crippen molar-refractivity contribution in [2.45, 2.75) is 24.8 Å². The Balaban J connectivity index is 0.000001000. The Kier molecular flexibility index (Phi) is 3.32. The number of halogens is 1. The van der Waals surface area contributed by atoms with Gasteiger partial charge in [-0.15, -0.1) is 12.4 Å². The van der Waals surface area contributed by atoms with Crippen LogP contribution in [0.15, 0.2) is 0 Å². The summed E-state index contributed by atoms with van der Waals surface area (Å²) in [6.07, 6.45) is 2.36. The quantitative estimate of drug-likeness (QED) is 0.702. The van der Waals surface area contributed by atoms with Crippen molar-refractivity contribution >= 4 is 18.4 Å².